The van der Waals surface area contributed by atoms with Crippen molar-refractivity contribution in [2.75, 3.05) is 7.11 Å². The van der Waals surface area contributed by atoms with Crippen molar-refractivity contribution in [3.05, 3.63) is 29.8 Å². The molecule has 1 atom stereocenters. The van der Waals surface area contributed by atoms with E-state index >= 15 is 0 Å². The Morgan fingerprint density at radius 2 is 2.20 bits per heavy atom. The van der Waals surface area contributed by atoms with Gasteiger partial charge in [0.25, 0.3) is 0 Å². The summed E-state index contributed by atoms with van der Waals surface area (Å²) in [6, 6.07) is 7.70. The van der Waals surface area contributed by atoms with E-state index in [-0.39, 0.29) is 5.97 Å². The molecule has 1 aromatic rings. The number of esters is 1. The van der Waals surface area contributed by atoms with Gasteiger partial charge in [-0.25, -0.2) is 4.79 Å². The highest BCUT2D eigenvalue weighted by molar-refractivity contribution is 5.74. The zero-order chi connectivity index (χ0) is 11.3. The molecule has 0 bridgehead atoms. The van der Waals surface area contributed by atoms with Crippen LogP contribution >= 0.6 is 0 Å². The van der Waals surface area contributed by atoms with E-state index in [0.29, 0.717) is 5.75 Å². The molecule has 3 nitrogen and oxygen atoms in total. The Balaban J connectivity index is 2.67. The number of carbonyl (C=O) groups excluding carboxylic acids is 1. The van der Waals surface area contributed by atoms with Crippen LogP contribution in [0.1, 0.15) is 19.4 Å². The Morgan fingerprint density at radius 3 is 2.80 bits per heavy atom. The third kappa shape index (κ3) is 3.27. The molecule has 0 amide bonds. The second kappa shape index (κ2) is 5.39. The maximum absolute atomic E-state index is 11.1. The van der Waals surface area contributed by atoms with Crippen LogP contribution in [0, 0.1) is 0 Å². The van der Waals surface area contributed by atoms with Crippen LogP contribution in [0.5, 0.6) is 5.75 Å². The van der Waals surface area contributed by atoms with Gasteiger partial charge in [0.15, 0.2) is 6.10 Å². The number of carbonyl (C=O) groups is 1. The Bertz CT molecular complexity index is 333. The van der Waals surface area contributed by atoms with Gasteiger partial charge < -0.3 is 9.47 Å². The lowest BCUT2D eigenvalue weighted by molar-refractivity contribution is -0.147. The molecular weight excluding hydrogens is 192 g/mol. The fourth-order valence-electron chi connectivity index (χ4n) is 1.26. The van der Waals surface area contributed by atoms with Crippen LogP contribution in [0.3, 0.4) is 0 Å². The fourth-order valence-corrected chi connectivity index (χ4v) is 1.26. The van der Waals surface area contributed by atoms with Crippen LogP contribution in [0.15, 0.2) is 24.3 Å². The quantitative estimate of drug-likeness (QED) is 0.711. The Hall–Kier alpha value is -1.51. The number of hydrogen-bond donors (Lipinski definition) is 0. The first kappa shape index (κ1) is 11.6. The van der Waals surface area contributed by atoms with Gasteiger partial charge in [0.1, 0.15) is 5.75 Å². The van der Waals surface area contributed by atoms with Crippen molar-refractivity contribution in [2.45, 2.75) is 26.4 Å². The monoisotopic (exact) mass is 208 g/mol. The number of methoxy groups -OCH3 is 1. The summed E-state index contributed by atoms with van der Waals surface area (Å²) in [4.78, 5) is 11.1. The Kier molecular flexibility index (Phi) is 4.16. The minimum Gasteiger partial charge on any atom is -0.479 e. The minimum atomic E-state index is -0.567. The van der Waals surface area contributed by atoms with Gasteiger partial charge in [-0.1, -0.05) is 19.1 Å². The van der Waals surface area contributed by atoms with Gasteiger partial charge in [-0.15, -0.1) is 0 Å². The summed E-state index contributed by atoms with van der Waals surface area (Å²) in [7, 11) is 1.35. The minimum absolute atomic E-state index is 0.364. The lowest BCUT2D eigenvalue weighted by Crippen LogP contribution is -2.24. The average molecular weight is 208 g/mol. The van der Waals surface area contributed by atoms with Gasteiger partial charge >= 0.3 is 5.97 Å². The fraction of sp³-hybridized carbons (Fsp3) is 0.417. The lowest BCUT2D eigenvalue weighted by Gasteiger charge is -2.12. The predicted molar refractivity (Wildman–Crippen MR) is 57.9 cm³/mol. The molecule has 0 aromatic heterocycles. The van der Waals surface area contributed by atoms with Gasteiger partial charge in [0, 0.05) is 0 Å². The molecule has 0 aliphatic heterocycles. The molecule has 0 spiro atoms. The van der Waals surface area contributed by atoms with E-state index < -0.39 is 6.10 Å². The summed E-state index contributed by atoms with van der Waals surface area (Å²) < 4.78 is 10.0. The summed E-state index contributed by atoms with van der Waals surface area (Å²) in [5, 5.41) is 0. The van der Waals surface area contributed by atoms with Crippen LogP contribution in [-0.4, -0.2) is 19.2 Å². The van der Waals surface area contributed by atoms with E-state index in [1.165, 1.54) is 12.7 Å². The highest BCUT2D eigenvalue weighted by atomic mass is 16.6. The maximum atomic E-state index is 11.1. The third-order valence-corrected chi connectivity index (χ3v) is 2.15. The van der Waals surface area contributed by atoms with Crippen LogP contribution in [0.2, 0.25) is 0 Å². The van der Waals surface area contributed by atoms with Crippen molar-refractivity contribution in [2.24, 2.45) is 0 Å². The highest BCUT2D eigenvalue weighted by Crippen LogP contribution is 2.15. The molecule has 0 N–H and O–H groups in total. The topological polar surface area (TPSA) is 35.5 Å². The van der Waals surface area contributed by atoms with Gasteiger partial charge in [-0.2, -0.15) is 0 Å². The number of benzene rings is 1. The van der Waals surface area contributed by atoms with Gasteiger partial charge in [0.2, 0.25) is 0 Å². The molecule has 0 fully saturated rings. The molecule has 1 aromatic carbocycles. The smallest absolute Gasteiger partial charge is 0.346 e. The summed E-state index contributed by atoms with van der Waals surface area (Å²) in [5.74, 6) is 0.337. The van der Waals surface area contributed by atoms with E-state index in [0.717, 1.165) is 6.42 Å². The zero-order valence-corrected chi connectivity index (χ0v) is 9.32. The molecule has 1 unspecified atom stereocenters. The normalized spacial score (nSPS) is 11.9. The first-order valence-corrected chi connectivity index (χ1v) is 5.00. The first-order chi connectivity index (χ1) is 7.17. The summed E-state index contributed by atoms with van der Waals surface area (Å²) >= 11 is 0. The largest absolute Gasteiger partial charge is 0.479 e. The second-order valence-corrected chi connectivity index (χ2v) is 3.28. The molecule has 0 saturated carbocycles. The molecule has 3 heteroatoms. The molecule has 1 rings (SSSR count). The summed E-state index contributed by atoms with van der Waals surface area (Å²) in [6.45, 7) is 3.74. The molecule has 0 radical (unpaired) electrons. The Labute approximate surface area is 90.0 Å². The molecule has 0 heterocycles. The molecular formula is C12H16O3. The van der Waals surface area contributed by atoms with E-state index in [1.807, 2.05) is 24.3 Å². The summed E-state index contributed by atoms with van der Waals surface area (Å²) in [6.07, 6.45) is 0.381. The number of rotatable bonds is 4. The Morgan fingerprint density at radius 1 is 1.47 bits per heavy atom. The summed E-state index contributed by atoms with van der Waals surface area (Å²) in [5.41, 5.74) is 1.18. The SMILES string of the molecule is CCc1cccc(OC(C)C(=O)OC)c1. The van der Waals surface area contributed by atoms with E-state index in [1.54, 1.807) is 6.92 Å². The highest BCUT2D eigenvalue weighted by Gasteiger charge is 2.14. The molecule has 0 aliphatic carbocycles. The van der Waals surface area contributed by atoms with Crippen LogP contribution in [-0.2, 0) is 16.0 Å². The van der Waals surface area contributed by atoms with E-state index in [4.69, 9.17) is 4.74 Å². The van der Waals surface area contributed by atoms with Crippen molar-refractivity contribution in [1.29, 1.82) is 0 Å². The van der Waals surface area contributed by atoms with E-state index in [9.17, 15) is 4.79 Å². The van der Waals surface area contributed by atoms with Crippen molar-refractivity contribution < 1.29 is 14.3 Å². The number of ether oxygens (including phenoxy) is 2. The van der Waals surface area contributed by atoms with Gasteiger partial charge in [0.05, 0.1) is 7.11 Å². The van der Waals surface area contributed by atoms with Crippen LogP contribution < -0.4 is 4.74 Å². The van der Waals surface area contributed by atoms with Crippen molar-refractivity contribution in [3.63, 3.8) is 0 Å². The average Bonchev–Trinajstić information content (AvgIpc) is 2.28. The van der Waals surface area contributed by atoms with E-state index in [2.05, 4.69) is 11.7 Å². The number of hydrogen-bond acceptors (Lipinski definition) is 3. The standard InChI is InChI=1S/C12H16O3/c1-4-10-6-5-7-11(8-10)15-9(2)12(13)14-3/h5-9H,4H2,1-3H3. The van der Waals surface area contributed by atoms with Gasteiger partial charge in [-0.05, 0) is 31.0 Å². The number of aryl methyl sites for hydroxylation is 1. The molecule has 15 heavy (non-hydrogen) atoms. The predicted octanol–water partition coefficient (Wildman–Crippen LogP) is 2.19. The van der Waals surface area contributed by atoms with Crippen LogP contribution in [0.4, 0.5) is 0 Å². The first-order valence-electron chi connectivity index (χ1n) is 5.00. The lowest BCUT2D eigenvalue weighted by atomic mass is 10.2. The maximum Gasteiger partial charge on any atom is 0.346 e. The van der Waals surface area contributed by atoms with Crippen LogP contribution in [0.25, 0.3) is 0 Å². The van der Waals surface area contributed by atoms with Crippen molar-refractivity contribution in [1.82, 2.24) is 0 Å². The van der Waals surface area contributed by atoms with Crippen molar-refractivity contribution in [3.8, 4) is 5.75 Å². The zero-order valence-electron chi connectivity index (χ0n) is 9.32. The second-order valence-electron chi connectivity index (χ2n) is 3.28. The molecule has 0 saturated heterocycles. The third-order valence-electron chi connectivity index (χ3n) is 2.15. The molecule has 82 valence electrons. The van der Waals surface area contributed by atoms with Crippen molar-refractivity contribution >= 4 is 5.97 Å². The molecule has 0 aliphatic rings. The van der Waals surface area contributed by atoms with Gasteiger partial charge in [-0.3, -0.25) is 0 Å².